The highest BCUT2D eigenvalue weighted by Crippen LogP contribution is 2.20. The lowest BCUT2D eigenvalue weighted by Crippen LogP contribution is -2.59. The molecule has 2 N–H and O–H groups in total. The van der Waals surface area contributed by atoms with Crippen LogP contribution in [-0.2, 0) is 14.3 Å². The van der Waals surface area contributed by atoms with Crippen molar-refractivity contribution >= 4 is 12.0 Å². The van der Waals surface area contributed by atoms with Gasteiger partial charge in [-0.25, -0.2) is 4.79 Å². The normalized spacial score (nSPS) is 24.2. The number of nitrogens with one attached hydrogen (secondary N) is 2. The van der Waals surface area contributed by atoms with E-state index in [1.54, 1.807) is 20.8 Å². The number of rotatable bonds is 2. The minimum atomic E-state index is -1.00. The SMILES string of the molecule is CNC(=O)C1(NC(=O)OC(C)(C)C)CCOC1. The lowest BCUT2D eigenvalue weighted by molar-refractivity contribution is -0.127. The Bertz CT molecular complexity index is 303. The fourth-order valence-corrected chi connectivity index (χ4v) is 1.64. The van der Waals surface area contributed by atoms with Gasteiger partial charge in [0.25, 0.3) is 0 Å². The van der Waals surface area contributed by atoms with Crippen molar-refractivity contribution < 1.29 is 19.1 Å². The maximum Gasteiger partial charge on any atom is 0.408 e. The minimum Gasteiger partial charge on any atom is -0.444 e. The first kappa shape index (κ1) is 13.8. The lowest BCUT2D eigenvalue weighted by atomic mass is 9.98. The van der Waals surface area contributed by atoms with Crippen LogP contribution >= 0.6 is 0 Å². The molecule has 0 aromatic heterocycles. The van der Waals surface area contributed by atoms with Crippen LogP contribution in [0.15, 0.2) is 0 Å². The van der Waals surface area contributed by atoms with Gasteiger partial charge in [0, 0.05) is 20.1 Å². The van der Waals surface area contributed by atoms with E-state index in [4.69, 9.17) is 9.47 Å². The van der Waals surface area contributed by atoms with E-state index in [0.29, 0.717) is 13.0 Å². The molecule has 1 aliphatic heterocycles. The van der Waals surface area contributed by atoms with Crippen LogP contribution in [0.2, 0.25) is 0 Å². The zero-order chi connectivity index (χ0) is 13.1. The van der Waals surface area contributed by atoms with Gasteiger partial charge >= 0.3 is 6.09 Å². The molecule has 1 unspecified atom stereocenters. The van der Waals surface area contributed by atoms with Crippen LogP contribution < -0.4 is 10.6 Å². The Morgan fingerprint density at radius 1 is 1.35 bits per heavy atom. The van der Waals surface area contributed by atoms with E-state index in [-0.39, 0.29) is 12.5 Å². The third-order valence-electron chi connectivity index (χ3n) is 2.42. The molecule has 6 heteroatoms. The summed E-state index contributed by atoms with van der Waals surface area (Å²) in [5.74, 6) is -0.263. The van der Waals surface area contributed by atoms with Crippen LogP contribution in [0.3, 0.4) is 0 Å². The Labute approximate surface area is 101 Å². The van der Waals surface area contributed by atoms with Gasteiger partial charge in [0.2, 0.25) is 5.91 Å². The van der Waals surface area contributed by atoms with E-state index in [1.807, 2.05) is 0 Å². The van der Waals surface area contributed by atoms with Crippen molar-refractivity contribution in [2.45, 2.75) is 38.3 Å². The Kier molecular flexibility index (Phi) is 3.98. The molecule has 0 saturated carbocycles. The maximum absolute atomic E-state index is 11.8. The highest BCUT2D eigenvalue weighted by Gasteiger charge is 2.44. The van der Waals surface area contributed by atoms with Crippen molar-refractivity contribution in [3.05, 3.63) is 0 Å². The largest absolute Gasteiger partial charge is 0.444 e. The molecule has 1 heterocycles. The van der Waals surface area contributed by atoms with Crippen molar-refractivity contribution in [1.82, 2.24) is 10.6 Å². The molecule has 1 atom stereocenters. The van der Waals surface area contributed by atoms with Crippen LogP contribution in [0.1, 0.15) is 27.2 Å². The highest BCUT2D eigenvalue weighted by molar-refractivity contribution is 5.90. The van der Waals surface area contributed by atoms with Crippen LogP contribution in [0.4, 0.5) is 4.79 Å². The quantitative estimate of drug-likeness (QED) is 0.738. The topological polar surface area (TPSA) is 76.7 Å². The van der Waals surface area contributed by atoms with Crippen LogP contribution in [0.25, 0.3) is 0 Å². The summed E-state index contributed by atoms with van der Waals surface area (Å²) in [4.78, 5) is 23.4. The van der Waals surface area contributed by atoms with Gasteiger partial charge in [-0.15, -0.1) is 0 Å². The van der Waals surface area contributed by atoms with Gasteiger partial charge in [-0.3, -0.25) is 4.79 Å². The second-order valence-electron chi connectivity index (χ2n) is 5.09. The fraction of sp³-hybridized carbons (Fsp3) is 0.818. The highest BCUT2D eigenvalue weighted by atomic mass is 16.6. The van der Waals surface area contributed by atoms with E-state index in [0.717, 1.165) is 0 Å². The third kappa shape index (κ3) is 3.59. The van der Waals surface area contributed by atoms with E-state index in [1.165, 1.54) is 7.05 Å². The fourth-order valence-electron chi connectivity index (χ4n) is 1.64. The van der Waals surface area contributed by atoms with Gasteiger partial charge in [-0.1, -0.05) is 0 Å². The van der Waals surface area contributed by atoms with Gasteiger partial charge in [-0.05, 0) is 20.8 Å². The average molecular weight is 244 g/mol. The average Bonchev–Trinajstić information content (AvgIpc) is 2.63. The molecule has 1 saturated heterocycles. The van der Waals surface area contributed by atoms with Crippen molar-refractivity contribution in [2.24, 2.45) is 0 Å². The monoisotopic (exact) mass is 244 g/mol. The van der Waals surface area contributed by atoms with Crippen molar-refractivity contribution in [3.8, 4) is 0 Å². The second kappa shape index (κ2) is 4.91. The predicted molar refractivity (Wildman–Crippen MR) is 61.6 cm³/mol. The first-order valence-corrected chi connectivity index (χ1v) is 5.60. The van der Waals surface area contributed by atoms with E-state index < -0.39 is 17.2 Å². The molecule has 98 valence electrons. The lowest BCUT2D eigenvalue weighted by Gasteiger charge is -2.28. The summed E-state index contributed by atoms with van der Waals surface area (Å²) in [6.45, 7) is 5.92. The van der Waals surface area contributed by atoms with Gasteiger partial charge in [-0.2, -0.15) is 0 Å². The molecule has 0 aromatic rings. The summed E-state index contributed by atoms with van der Waals surface area (Å²) >= 11 is 0. The number of amides is 2. The molecule has 0 spiro atoms. The molecular weight excluding hydrogens is 224 g/mol. The number of carbonyl (C=O) groups excluding carboxylic acids is 2. The molecule has 0 bridgehead atoms. The van der Waals surface area contributed by atoms with E-state index >= 15 is 0 Å². The van der Waals surface area contributed by atoms with E-state index in [9.17, 15) is 9.59 Å². The second-order valence-corrected chi connectivity index (χ2v) is 5.09. The third-order valence-corrected chi connectivity index (χ3v) is 2.42. The molecule has 17 heavy (non-hydrogen) atoms. The standard InChI is InChI=1S/C11H20N2O4/c1-10(2,3)17-9(15)13-11(8(14)12-4)5-6-16-7-11/h5-7H2,1-4H3,(H,12,14)(H,13,15). The maximum atomic E-state index is 11.8. The molecule has 1 rings (SSSR count). The van der Waals surface area contributed by atoms with E-state index in [2.05, 4.69) is 10.6 Å². The molecule has 6 nitrogen and oxygen atoms in total. The zero-order valence-electron chi connectivity index (χ0n) is 10.8. The van der Waals surface area contributed by atoms with Crippen LogP contribution in [0.5, 0.6) is 0 Å². The summed E-state index contributed by atoms with van der Waals surface area (Å²) in [6.07, 6.45) is -0.155. The number of carbonyl (C=O) groups is 2. The molecule has 0 radical (unpaired) electrons. The number of hydrogen-bond acceptors (Lipinski definition) is 4. The summed E-state index contributed by atoms with van der Waals surface area (Å²) in [6, 6.07) is 0. The van der Waals surface area contributed by atoms with Crippen LogP contribution in [-0.4, -0.2) is 43.4 Å². The summed E-state index contributed by atoms with van der Waals surface area (Å²) in [5, 5.41) is 5.13. The zero-order valence-corrected chi connectivity index (χ0v) is 10.8. The van der Waals surface area contributed by atoms with Crippen LogP contribution in [0, 0.1) is 0 Å². The first-order valence-electron chi connectivity index (χ1n) is 5.60. The van der Waals surface area contributed by atoms with Gasteiger partial charge in [0.1, 0.15) is 11.1 Å². The van der Waals surface area contributed by atoms with Crippen molar-refractivity contribution in [1.29, 1.82) is 0 Å². The Balaban J connectivity index is 2.68. The summed E-state index contributed by atoms with van der Waals surface area (Å²) in [7, 11) is 1.53. The molecule has 2 amide bonds. The number of hydrogen-bond donors (Lipinski definition) is 2. The Hall–Kier alpha value is -1.30. The van der Waals surface area contributed by atoms with Gasteiger partial charge in [0.05, 0.1) is 6.61 Å². The Morgan fingerprint density at radius 3 is 2.41 bits per heavy atom. The molecule has 1 aliphatic rings. The first-order chi connectivity index (χ1) is 7.79. The van der Waals surface area contributed by atoms with Crippen molar-refractivity contribution in [3.63, 3.8) is 0 Å². The molecular formula is C11H20N2O4. The number of likely N-dealkylation sites (N-methyl/N-ethyl adjacent to an activating group) is 1. The van der Waals surface area contributed by atoms with Gasteiger partial charge in [0.15, 0.2) is 0 Å². The van der Waals surface area contributed by atoms with Gasteiger partial charge < -0.3 is 20.1 Å². The predicted octanol–water partition coefficient (Wildman–Crippen LogP) is 0.416. The smallest absolute Gasteiger partial charge is 0.408 e. The number of ether oxygens (including phenoxy) is 2. The Morgan fingerprint density at radius 2 is 2.00 bits per heavy atom. The van der Waals surface area contributed by atoms with Crippen molar-refractivity contribution in [2.75, 3.05) is 20.3 Å². The molecule has 0 aliphatic carbocycles. The minimum absolute atomic E-state index is 0.173. The summed E-state index contributed by atoms with van der Waals surface area (Å²) in [5.41, 5.74) is -1.59. The molecule has 0 aromatic carbocycles. The summed E-state index contributed by atoms with van der Waals surface area (Å²) < 4.78 is 10.3. The number of alkyl carbamates (subject to hydrolysis) is 1. The molecule has 1 fully saturated rings.